The van der Waals surface area contributed by atoms with E-state index in [0.29, 0.717) is 18.3 Å². The van der Waals surface area contributed by atoms with Gasteiger partial charge in [0.2, 0.25) is 0 Å². The number of rotatable bonds is 11. The van der Waals surface area contributed by atoms with Gasteiger partial charge in [0.1, 0.15) is 0 Å². The van der Waals surface area contributed by atoms with Crippen LogP contribution < -0.4 is 0 Å². The quantitative estimate of drug-likeness (QED) is 0.434. The van der Waals surface area contributed by atoms with Gasteiger partial charge < -0.3 is 19.7 Å². The van der Waals surface area contributed by atoms with Gasteiger partial charge in [-0.3, -0.25) is 4.79 Å². The Bertz CT molecular complexity index is 526. The van der Waals surface area contributed by atoms with Crippen molar-refractivity contribution in [2.75, 3.05) is 0 Å². The Morgan fingerprint density at radius 1 is 1.19 bits per heavy atom. The Labute approximate surface area is 156 Å². The average Bonchev–Trinajstić information content (AvgIpc) is 3.21. The summed E-state index contributed by atoms with van der Waals surface area (Å²) < 4.78 is 12.3. The van der Waals surface area contributed by atoms with Crippen molar-refractivity contribution in [1.29, 1.82) is 0 Å². The third kappa shape index (κ3) is 4.56. The maximum absolute atomic E-state index is 10.6. The Morgan fingerprint density at radius 2 is 2.04 bits per heavy atom. The van der Waals surface area contributed by atoms with Crippen LogP contribution in [0.25, 0.3) is 0 Å². The lowest BCUT2D eigenvalue weighted by atomic mass is 9.77. The summed E-state index contributed by atoms with van der Waals surface area (Å²) in [5, 5.41) is 18.9. The minimum atomic E-state index is -0.747. The van der Waals surface area contributed by atoms with Gasteiger partial charge in [0, 0.05) is 24.7 Å². The van der Waals surface area contributed by atoms with E-state index in [-0.39, 0.29) is 36.9 Å². The zero-order valence-electron chi connectivity index (χ0n) is 15.6. The zero-order valence-corrected chi connectivity index (χ0v) is 15.6. The Morgan fingerprint density at radius 3 is 2.81 bits per heavy atom. The number of ether oxygens (including phenoxy) is 2. The van der Waals surface area contributed by atoms with Crippen LogP contribution in [0, 0.1) is 11.8 Å². The van der Waals surface area contributed by atoms with E-state index < -0.39 is 5.97 Å². The topological polar surface area (TPSA) is 76.0 Å². The van der Waals surface area contributed by atoms with Crippen molar-refractivity contribution in [3.05, 3.63) is 24.3 Å². The third-order valence-electron chi connectivity index (χ3n) is 5.87. The van der Waals surface area contributed by atoms with Gasteiger partial charge in [0.05, 0.1) is 30.5 Å². The molecule has 0 aromatic heterocycles. The van der Waals surface area contributed by atoms with Crippen LogP contribution in [0.1, 0.15) is 58.3 Å². The molecule has 0 unspecified atom stereocenters. The molecule has 5 heteroatoms. The molecule has 0 aromatic rings. The Balaban J connectivity index is 1.53. The number of aliphatic hydroxyl groups is 1. The predicted molar refractivity (Wildman–Crippen MR) is 98.8 cm³/mol. The molecular formula is C21H32O5. The van der Waals surface area contributed by atoms with Crippen LogP contribution in [0.5, 0.6) is 0 Å². The fraction of sp³-hybridized carbons (Fsp3) is 0.762. The van der Waals surface area contributed by atoms with E-state index in [1.807, 2.05) is 12.2 Å². The lowest BCUT2D eigenvalue weighted by molar-refractivity contribution is -0.137. The van der Waals surface area contributed by atoms with Gasteiger partial charge in [-0.15, -0.1) is 0 Å². The van der Waals surface area contributed by atoms with Crippen LogP contribution in [-0.4, -0.2) is 46.7 Å². The largest absolute Gasteiger partial charge is 0.481 e. The molecule has 5 nitrogen and oxygen atoms in total. The first kappa shape index (κ1) is 19.6. The molecule has 0 radical (unpaired) electrons. The van der Waals surface area contributed by atoms with Gasteiger partial charge in [0.15, 0.2) is 0 Å². The first-order chi connectivity index (χ1) is 12.6. The number of allylic oxidation sites excluding steroid dienone is 1. The zero-order chi connectivity index (χ0) is 18.5. The van der Waals surface area contributed by atoms with Crippen LogP contribution in [0.4, 0.5) is 0 Å². The number of unbranched alkanes of at least 4 members (excludes halogenated alkanes) is 3. The van der Waals surface area contributed by atoms with E-state index in [1.54, 1.807) is 0 Å². The maximum Gasteiger partial charge on any atom is 0.303 e. The molecule has 0 aromatic carbocycles. The van der Waals surface area contributed by atoms with Crippen molar-refractivity contribution in [3.8, 4) is 0 Å². The average molecular weight is 364 g/mol. The van der Waals surface area contributed by atoms with Gasteiger partial charge in [-0.2, -0.15) is 0 Å². The third-order valence-corrected chi connectivity index (χ3v) is 5.87. The molecule has 26 heavy (non-hydrogen) atoms. The van der Waals surface area contributed by atoms with Crippen molar-refractivity contribution in [2.45, 2.75) is 88.8 Å². The van der Waals surface area contributed by atoms with Crippen molar-refractivity contribution in [1.82, 2.24) is 0 Å². The summed E-state index contributed by atoms with van der Waals surface area (Å²) >= 11 is 0. The molecule has 7 atom stereocenters. The minimum absolute atomic E-state index is 0.0363. The van der Waals surface area contributed by atoms with Crippen molar-refractivity contribution >= 4 is 5.97 Å². The maximum atomic E-state index is 10.6. The summed E-state index contributed by atoms with van der Waals surface area (Å²) in [5.41, 5.74) is 0. The molecule has 2 bridgehead atoms. The van der Waals surface area contributed by atoms with Crippen molar-refractivity contribution < 1.29 is 24.5 Å². The van der Waals surface area contributed by atoms with E-state index in [9.17, 15) is 9.90 Å². The molecule has 0 saturated carbocycles. The first-order valence-corrected chi connectivity index (χ1v) is 10.2. The van der Waals surface area contributed by atoms with Crippen molar-refractivity contribution in [3.63, 3.8) is 0 Å². The van der Waals surface area contributed by atoms with Crippen LogP contribution in [-0.2, 0) is 14.3 Å². The number of carbonyl (C=O) groups is 1. The molecule has 3 saturated heterocycles. The second kappa shape index (κ2) is 9.16. The predicted octanol–water partition coefficient (Wildman–Crippen LogP) is 3.47. The number of carboxylic acids is 1. The standard InChI is InChI=1S/C21H32O5/c1-2-3-5-8-14(22)11-12-15-17-13-18-21(26-17)20(15)16(25-18)9-6-4-7-10-19(23)24/h6,9,11-12,14-18,20-22H,2-5,7-8,10,13H2,1H3,(H,23,24)/b9-6+,12-11+/t14-,15-,16-,17-,18-,20-,21+/m0/s1. The van der Waals surface area contributed by atoms with Gasteiger partial charge >= 0.3 is 5.97 Å². The summed E-state index contributed by atoms with van der Waals surface area (Å²) in [7, 11) is 0. The lowest BCUT2D eigenvalue weighted by Gasteiger charge is -2.22. The minimum Gasteiger partial charge on any atom is -0.481 e. The van der Waals surface area contributed by atoms with Crippen LogP contribution in [0.3, 0.4) is 0 Å². The number of hydrogen-bond donors (Lipinski definition) is 2. The number of aliphatic hydroxyl groups excluding tert-OH is 1. The van der Waals surface area contributed by atoms with Crippen LogP contribution >= 0.6 is 0 Å². The SMILES string of the molecule is CCCCC[C@H](O)/C=C/[C@@H]1[C@@H]2[C@@H]3O[C@H]1C[C@@H]3O[C@H]2/C=C/CCCC(=O)O. The lowest BCUT2D eigenvalue weighted by Crippen LogP contribution is -2.31. The normalized spacial score (nSPS) is 36.5. The molecule has 3 aliphatic rings. The summed E-state index contributed by atoms with van der Waals surface area (Å²) in [5.74, 6) is -0.134. The Kier molecular flexibility index (Phi) is 6.90. The molecule has 0 spiro atoms. The fourth-order valence-corrected chi connectivity index (χ4v) is 4.58. The molecule has 3 rings (SSSR count). The summed E-state index contributed by atoms with van der Waals surface area (Å²) in [4.78, 5) is 10.6. The fourth-order valence-electron chi connectivity index (χ4n) is 4.58. The molecule has 0 aliphatic carbocycles. The number of carboxylic acid groups (broad SMARTS) is 1. The molecule has 146 valence electrons. The molecule has 3 fully saturated rings. The number of aliphatic carboxylic acids is 1. The smallest absolute Gasteiger partial charge is 0.303 e. The van der Waals surface area contributed by atoms with E-state index >= 15 is 0 Å². The van der Waals surface area contributed by atoms with Gasteiger partial charge in [0.25, 0.3) is 0 Å². The second-order valence-electron chi connectivity index (χ2n) is 7.83. The van der Waals surface area contributed by atoms with E-state index in [2.05, 4.69) is 19.1 Å². The van der Waals surface area contributed by atoms with Crippen LogP contribution in [0.15, 0.2) is 24.3 Å². The van der Waals surface area contributed by atoms with E-state index in [4.69, 9.17) is 14.6 Å². The van der Waals surface area contributed by atoms with Gasteiger partial charge in [-0.05, 0) is 19.3 Å². The molecule has 2 N–H and O–H groups in total. The molecule has 0 amide bonds. The van der Waals surface area contributed by atoms with Gasteiger partial charge in [-0.1, -0.05) is 50.5 Å². The van der Waals surface area contributed by atoms with Gasteiger partial charge in [-0.25, -0.2) is 0 Å². The van der Waals surface area contributed by atoms with E-state index in [0.717, 1.165) is 38.5 Å². The van der Waals surface area contributed by atoms with Crippen molar-refractivity contribution in [2.24, 2.45) is 11.8 Å². The second-order valence-corrected chi connectivity index (χ2v) is 7.83. The number of hydrogen-bond acceptors (Lipinski definition) is 4. The monoisotopic (exact) mass is 364 g/mol. The molecule has 3 aliphatic heterocycles. The highest BCUT2D eigenvalue weighted by atomic mass is 16.6. The molecule has 3 heterocycles. The highest BCUT2D eigenvalue weighted by Gasteiger charge is 2.61. The van der Waals surface area contributed by atoms with E-state index in [1.165, 1.54) is 0 Å². The summed E-state index contributed by atoms with van der Waals surface area (Å²) in [6.45, 7) is 2.17. The number of fused-ring (bicyclic) bond motifs is 1. The Hall–Kier alpha value is -1.17. The summed E-state index contributed by atoms with van der Waals surface area (Å²) in [6.07, 6.45) is 15.2. The van der Waals surface area contributed by atoms with Crippen LogP contribution in [0.2, 0.25) is 0 Å². The molecular weight excluding hydrogens is 332 g/mol. The first-order valence-electron chi connectivity index (χ1n) is 10.2. The highest BCUT2D eigenvalue weighted by molar-refractivity contribution is 5.66. The summed E-state index contributed by atoms with van der Waals surface area (Å²) in [6, 6.07) is 0. The highest BCUT2D eigenvalue weighted by Crippen LogP contribution is 2.52.